The molecule has 0 bridgehead atoms. The van der Waals surface area contributed by atoms with E-state index in [-0.39, 0.29) is 5.69 Å². The third kappa shape index (κ3) is 3.02. The van der Waals surface area contributed by atoms with Crippen LogP contribution in [-0.2, 0) is 19.5 Å². The van der Waals surface area contributed by atoms with E-state index in [4.69, 9.17) is 0 Å². The first-order chi connectivity index (χ1) is 8.72. The number of fused-ring (bicyclic) bond motifs is 1. The Kier molecular flexibility index (Phi) is 4.58. The van der Waals surface area contributed by atoms with E-state index in [2.05, 4.69) is 24.3 Å². The molecule has 1 N–H and O–H groups in total. The van der Waals surface area contributed by atoms with Crippen LogP contribution < -0.4 is 11.0 Å². The Morgan fingerprint density at radius 2 is 2.28 bits per heavy atom. The highest BCUT2D eigenvalue weighted by atomic mass is 16.2. The molecule has 0 saturated heterocycles. The molecule has 1 aromatic rings. The Morgan fingerprint density at radius 1 is 1.44 bits per heavy atom. The lowest BCUT2D eigenvalue weighted by atomic mass is 10.2. The predicted molar refractivity (Wildman–Crippen MR) is 71.8 cm³/mol. The Hall–Kier alpha value is -1.10. The lowest BCUT2D eigenvalue weighted by Gasteiger charge is -2.11. The second-order valence-corrected chi connectivity index (χ2v) is 5.17. The highest BCUT2D eigenvalue weighted by Crippen LogP contribution is 2.08. The maximum Gasteiger partial charge on any atom is 0.345 e. The number of aromatic nitrogens is 3. The molecule has 1 aromatic heterocycles. The molecule has 1 aliphatic rings. The van der Waals surface area contributed by atoms with E-state index < -0.39 is 0 Å². The molecule has 0 radical (unpaired) electrons. The van der Waals surface area contributed by atoms with Crippen LogP contribution in [0.5, 0.6) is 0 Å². The summed E-state index contributed by atoms with van der Waals surface area (Å²) in [6, 6.07) is 0.517. The molecule has 102 valence electrons. The summed E-state index contributed by atoms with van der Waals surface area (Å²) in [7, 11) is 0. The van der Waals surface area contributed by atoms with Crippen molar-refractivity contribution in [2.45, 2.75) is 65.1 Å². The highest BCUT2D eigenvalue weighted by molar-refractivity contribution is 4.91. The molecule has 0 saturated carbocycles. The van der Waals surface area contributed by atoms with Crippen molar-refractivity contribution >= 4 is 0 Å². The van der Waals surface area contributed by atoms with Gasteiger partial charge in [0.05, 0.1) is 6.54 Å². The van der Waals surface area contributed by atoms with E-state index in [0.29, 0.717) is 12.6 Å². The van der Waals surface area contributed by atoms with E-state index >= 15 is 0 Å². The zero-order valence-corrected chi connectivity index (χ0v) is 11.5. The Balaban J connectivity index is 1.90. The van der Waals surface area contributed by atoms with E-state index in [0.717, 1.165) is 38.2 Å². The first kappa shape index (κ1) is 13.3. The lowest BCUT2D eigenvalue weighted by molar-refractivity contribution is 0.464. The number of rotatable bonds is 6. The minimum atomic E-state index is 0.0645. The Labute approximate surface area is 108 Å². The highest BCUT2D eigenvalue weighted by Gasteiger charge is 2.16. The third-order valence-electron chi connectivity index (χ3n) is 3.57. The number of aryl methyl sites for hydroxylation is 1. The van der Waals surface area contributed by atoms with Gasteiger partial charge in [-0.2, -0.15) is 5.10 Å². The monoisotopic (exact) mass is 252 g/mol. The molecule has 0 aliphatic carbocycles. The average molecular weight is 252 g/mol. The van der Waals surface area contributed by atoms with Crippen LogP contribution in [0.15, 0.2) is 4.79 Å². The normalized spacial score (nSPS) is 16.6. The topological polar surface area (TPSA) is 51.9 Å². The fourth-order valence-electron chi connectivity index (χ4n) is 2.55. The molecule has 2 heterocycles. The van der Waals surface area contributed by atoms with Crippen molar-refractivity contribution in [2.24, 2.45) is 0 Å². The Morgan fingerprint density at radius 3 is 3.00 bits per heavy atom. The third-order valence-corrected chi connectivity index (χ3v) is 3.57. The van der Waals surface area contributed by atoms with Gasteiger partial charge in [-0.3, -0.25) is 4.57 Å². The summed E-state index contributed by atoms with van der Waals surface area (Å²) in [5.41, 5.74) is 0.0645. The molecule has 5 heteroatoms. The molecule has 0 fully saturated rings. The van der Waals surface area contributed by atoms with Gasteiger partial charge in [0.2, 0.25) is 0 Å². The van der Waals surface area contributed by atoms with Crippen LogP contribution in [-0.4, -0.2) is 26.9 Å². The summed E-state index contributed by atoms with van der Waals surface area (Å²) in [5, 5.41) is 7.85. The fraction of sp³-hybridized carbons (Fsp3) is 0.846. The molecule has 5 nitrogen and oxygen atoms in total. The second kappa shape index (κ2) is 6.18. The maximum absolute atomic E-state index is 12.1. The van der Waals surface area contributed by atoms with Crippen molar-refractivity contribution in [3.05, 3.63) is 16.3 Å². The quantitative estimate of drug-likeness (QED) is 0.826. The van der Waals surface area contributed by atoms with Crippen molar-refractivity contribution in [1.82, 2.24) is 19.7 Å². The van der Waals surface area contributed by atoms with Crippen LogP contribution in [0, 0.1) is 0 Å². The number of hydrogen-bond donors (Lipinski definition) is 1. The minimum Gasteiger partial charge on any atom is -0.312 e. The summed E-state index contributed by atoms with van der Waals surface area (Å²) in [6.07, 6.45) is 5.57. The molecule has 0 aromatic carbocycles. The van der Waals surface area contributed by atoms with Gasteiger partial charge >= 0.3 is 5.69 Å². The van der Waals surface area contributed by atoms with Crippen LogP contribution in [0.3, 0.4) is 0 Å². The van der Waals surface area contributed by atoms with Gasteiger partial charge in [-0.05, 0) is 26.2 Å². The molecule has 18 heavy (non-hydrogen) atoms. The standard InChI is InChI=1S/C13H24N4O/c1-3-6-11(2)14-8-10-17-13(18)16-9-5-4-7-12(16)15-17/h11,14H,3-10H2,1-2H3. The van der Waals surface area contributed by atoms with Gasteiger partial charge in [0.15, 0.2) is 0 Å². The average Bonchev–Trinajstić information content (AvgIpc) is 2.68. The first-order valence-electron chi connectivity index (χ1n) is 7.12. The van der Waals surface area contributed by atoms with Gasteiger partial charge in [0.1, 0.15) is 5.82 Å². The number of hydrogen-bond acceptors (Lipinski definition) is 3. The SMILES string of the molecule is CCCC(C)NCCn1nc2n(c1=O)CCCC2. The van der Waals surface area contributed by atoms with Crippen LogP contribution in [0.2, 0.25) is 0 Å². The number of nitrogens with one attached hydrogen (secondary N) is 1. The molecular formula is C13H24N4O. The zero-order chi connectivity index (χ0) is 13.0. The van der Waals surface area contributed by atoms with Gasteiger partial charge < -0.3 is 5.32 Å². The summed E-state index contributed by atoms with van der Waals surface area (Å²) >= 11 is 0. The van der Waals surface area contributed by atoms with E-state index in [9.17, 15) is 4.79 Å². The van der Waals surface area contributed by atoms with Crippen molar-refractivity contribution in [3.63, 3.8) is 0 Å². The van der Waals surface area contributed by atoms with Gasteiger partial charge in [-0.25, -0.2) is 9.48 Å². The van der Waals surface area contributed by atoms with E-state index in [1.807, 2.05) is 4.57 Å². The lowest BCUT2D eigenvalue weighted by Crippen LogP contribution is -2.33. The molecule has 1 atom stereocenters. The summed E-state index contributed by atoms with van der Waals surface area (Å²) < 4.78 is 3.45. The minimum absolute atomic E-state index is 0.0645. The van der Waals surface area contributed by atoms with Crippen LogP contribution in [0.25, 0.3) is 0 Å². The largest absolute Gasteiger partial charge is 0.345 e. The van der Waals surface area contributed by atoms with Crippen molar-refractivity contribution < 1.29 is 0 Å². The van der Waals surface area contributed by atoms with Crippen LogP contribution in [0.1, 0.15) is 45.4 Å². The molecule has 1 aliphatic heterocycles. The zero-order valence-electron chi connectivity index (χ0n) is 11.5. The molecule has 2 rings (SSSR count). The van der Waals surface area contributed by atoms with Gasteiger partial charge in [0, 0.05) is 25.6 Å². The molecular weight excluding hydrogens is 228 g/mol. The van der Waals surface area contributed by atoms with Gasteiger partial charge in [0.25, 0.3) is 0 Å². The van der Waals surface area contributed by atoms with Crippen LogP contribution >= 0.6 is 0 Å². The number of nitrogens with zero attached hydrogens (tertiary/aromatic N) is 3. The predicted octanol–water partition coefficient (Wildman–Crippen LogP) is 1.16. The second-order valence-electron chi connectivity index (χ2n) is 5.17. The van der Waals surface area contributed by atoms with Gasteiger partial charge in [-0.1, -0.05) is 13.3 Å². The maximum atomic E-state index is 12.1. The summed E-state index contributed by atoms with van der Waals surface area (Å²) in [4.78, 5) is 12.1. The summed E-state index contributed by atoms with van der Waals surface area (Å²) in [5.74, 6) is 0.966. The van der Waals surface area contributed by atoms with E-state index in [1.54, 1.807) is 4.68 Å². The van der Waals surface area contributed by atoms with E-state index in [1.165, 1.54) is 12.8 Å². The summed E-state index contributed by atoms with van der Waals surface area (Å²) in [6.45, 7) is 6.70. The van der Waals surface area contributed by atoms with Gasteiger partial charge in [-0.15, -0.1) is 0 Å². The molecule has 0 amide bonds. The van der Waals surface area contributed by atoms with Crippen molar-refractivity contribution in [2.75, 3.05) is 6.54 Å². The smallest absolute Gasteiger partial charge is 0.312 e. The molecule has 1 unspecified atom stereocenters. The fourth-order valence-corrected chi connectivity index (χ4v) is 2.55. The van der Waals surface area contributed by atoms with Crippen molar-refractivity contribution in [3.8, 4) is 0 Å². The Bertz CT molecular complexity index is 435. The first-order valence-corrected chi connectivity index (χ1v) is 7.12. The van der Waals surface area contributed by atoms with Crippen molar-refractivity contribution in [1.29, 1.82) is 0 Å². The molecule has 0 spiro atoms. The van der Waals surface area contributed by atoms with Crippen LogP contribution in [0.4, 0.5) is 0 Å².